The fourth-order valence-electron chi connectivity index (χ4n) is 2.65. The summed E-state index contributed by atoms with van der Waals surface area (Å²) in [5.74, 6) is 0. The van der Waals surface area contributed by atoms with Crippen molar-refractivity contribution in [3.63, 3.8) is 0 Å². The van der Waals surface area contributed by atoms with Gasteiger partial charge in [0.1, 0.15) is 0 Å². The molecule has 106 valence electrons. The van der Waals surface area contributed by atoms with Gasteiger partial charge in [-0.05, 0) is 39.5 Å². The fraction of sp³-hybridized carbons (Fsp3) is 0.923. The van der Waals surface area contributed by atoms with E-state index in [0.29, 0.717) is 19.5 Å². The summed E-state index contributed by atoms with van der Waals surface area (Å²) in [5, 5.41) is 17.9. The second kappa shape index (κ2) is 7.59. The highest BCUT2D eigenvalue weighted by molar-refractivity contribution is 5.75. The van der Waals surface area contributed by atoms with Crippen LogP contribution in [0.5, 0.6) is 0 Å². The molecule has 2 amide bonds. The lowest BCUT2D eigenvalue weighted by Gasteiger charge is -2.41. The van der Waals surface area contributed by atoms with Gasteiger partial charge in [-0.25, -0.2) is 4.79 Å². The maximum absolute atomic E-state index is 12.5. The minimum atomic E-state index is -0.0340. The molecule has 0 radical (unpaired) electrons. The van der Waals surface area contributed by atoms with Crippen LogP contribution in [0.2, 0.25) is 0 Å². The number of carbonyl (C=O) groups is 1. The maximum atomic E-state index is 12.5. The summed E-state index contributed by atoms with van der Waals surface area (Å²) in [4.78, 5) is 16.0. The third-order valence-electron chi connectivity index (χ3n) is 3.64. The standard InChI is InChI=1S/C13H26N2O3/c1-11-5-3-6-12(2)15(11)13(18)14(8-10-17)7-4-9-16/h11-12,16-17H,3-10H2,1-2H3. The second-order valence-electron chi connectivity index (χ2n) is 5.11. The number of urea groups is 1. The second-order valence-corrected chi connectivity index (χ2v) is 5.11. The van der Waals surface area contributed by atoms with E-state index in [4.69, 9.17) is 10.2 Å². The number of nitrogens with zero attached hydrogens (tertiary/aromatic N) is 2. The molecule has 1 aliphatic heterocycles. The number of rotatable bonds is 5. The minimum Gasteiger partial charge on any atom is -0.396 e. The van der Waals surface area contributed by atoms with Crippen LogP contribution in [-0.2, 0) is 0 Å². The Hall–Kier alpha value is -0.810. The number of likely N-dealkylation sites (tertiary alicyclic amines) is 1. The molecule has 1 heterocycles. The molecule has 1 fully saturated rings. The van der Waals surface area contributed by atoms with Crippen molar-refractivity contribution in [1.29, 1.82) is 0 Å². The number of aliphatic hydroxyl groups excluding tert-OH is 2. The van der Waals surface area contributed by atoms with E-state index in [1.807, 2.05) is 4.90 Å². The number of hydrogen-bond acceptors (Lipinski definition) is 3. The Balaban J connectivity index is 2.67. The summed E-state index contributed by atoms with van der Waals surface area (Å²) in [5.41, 5.74) is 0. The van der Waals surface area contributed by atoms with Crippen LogP contribution in [-0.4, -0.2) is 64.4 Å². The average molecular weight is 258 g/mol. The van der Waals surface area contributed by atoms with Crippen LogP contribution in [0.4, 0.5) is 4.79 Å². The van der Waals surface area contributed by atoms with E-state index >= 15 is 0 Å². The van der Waals surface area contributed by atoms with Crippen molar-refractivity contribution < 1.29 is 15.0 Å². The van der Waals surface area contributed by atoms with Crippen molar-refractivity contribution >= 4 is 6.03 Å². The van der Waals surface area contributed by atoms with E-state index in [9.17, 15) is 4.79 Å². The normalized spacial score (nSPS) is 24.1. The first kappa shape index (κ1) is 15.2. The van der Waals surface area contributed by atoms with Gasteiger partial charge in [0, 0.05) is 31.8 Å². The van der Waals surface area contributed by atoms with Crippen molar-refractivity contribution in [1.82, 2.24) is 9.80 Å². The van der Waals surface area contributed by atoms with Crippen LogP contribution in [0.1, 0.15) is 39.5 Å². The fourth-order valence-corrected chi connectivity index (χ4v) is 2.65. The van der Waals surface area contributed by atoms with Gasteiger partial charge < -0.3 is 20.0 Å². The average Bonchev–Trinajstić information content (AvgIpc) is 2.34. The van der Waals surface area contributed by atoms with Crippen molar-refractivity contribution in [2.24, 2.45) is 0 Å². The third kappa shape index (κ3) is 3.85. The highest BCUT2D eigenvalue weighted by atomic mass is 16.3. The summed E-state index contributed by atoms with van der Waals surface area (Å²) in [7, 11) is 0. The van der Waals surface area contributed by atoms with Crippen LogP contribution in [0.3, 0.4) is 0 Å². The van der Waals surface area contributed by atoms with Gasteiger partial charge in [-0.3, -0.25) is 0 Å². The Morgan fingerprint density at radius 2 is 1.78 bits per heavy atom. The first-order valence-electron chi connectivity index (χ1n) is 6.90. The van der Waals surface area contributed by atoms with Crippen molar-refractivity contribution in [3.05, 3.63) is 0 Å². The number of aliphatic hydroxyl groups is 2. The highest BCUT2D eigenvalue weighted by Crippen LogP contribution is 2.23. The van der Waals surface area contributed by atoms with Crippen LogP contribution in [0.15, 0.2) is 0 Å². The van der Waals surface area contributed by atoms with E-state index < -0.39 is 0 Å². The highest BCUT2D eigenvalue weighted by Gasteiger charge is 2.31. The Kier molecular flexibility index (Phi) is 6.43. The predicted octanol–water partition coefficient (Wildman–Crippen LogP) is 1.05. The molecule has 5 heteroatoms. The summed E-state index contributed by atoms with van der Waals surface area (Å²) < 4.78 is 0. The molecule has 5 nitrogen and oxygen atoms in total. The molecule has 0 aliphatic carbocycles. The van der Waals surface area contributed by atoms with Crippen LogP contribution in [0, 0.1) is 0 Å². The van der Waals surface area contributed by atoms with Crippen LogP contribution < -0.4 is 0 Å². The lowest BCUT2D eigenvalue weighted by Crippen LogP contribution is -2.53. The molecular formula is C13H26N2O3. The Bertz CT molecular complexity index is 251. The van der Waals surface area contributed by atoms with Gasteiger partial charge in [-0.2, -0.15) is 0 Å². The molecule has 1 rings (SSSR count). The summed E-state index contributed by atoms with van der Waals surface area (Å²) in [6.45, 7) is 5.04. The van der Waals surface area contributed by atoms with E-state index in [-0.39, 0.29) is 31.3 Å². The summed E-state index contributed by atoms with van der Waals surface area (Å²) in [6, 6.07) is 0.519. The first-order chi connectivity index (χ1) is 8.61. The van der Waals surface area contributed by atoms with Gasteiger partial charge in [0.25, 0.3) is 0 Å². The van der Waals surface area contributed by atoms with Crippen LogP contribution >= 0.6 is 0 Å². The van der Waals surface area contributed by atoms with Crippen LogP contribution in [0.25, 0.3) is 0 Å². The number of piperidine rings is 1. The molecule has 2 N–H and O–H groups in total. The maximum Gasteiger partial charge on any atom is 0.320 e. The molecule has 0 aromatic heterocycles. The van der Waals surface area contributed by atoms with Crippen molar-refractivity contribution in [2.75, 3.05) is 26.3 Å². The van der Waals surface area contributed by atoms with Gasteiger partial charge >= 0.3 is 6.03 Å². The SMILES string of the molecule is CC1CCCC(C)N1C(=O)N(CCO)CCCO. The zero-order chi connectivity index (χ0) is 13.5. The molecule has 0 saturated carbocycles. The summed E-state index contributed by atoms with van der Waals surface area (Å²) in [6.07, 6.45) is 3.82. The van der Waals surface area contributed by atoms with Gasteiger partial charge in [0.05, 0.1) is 6.61 Å². The van der Waals surface area contributed by atoms with Gasteiger partial charge in [0.15, 0.2) is 0 Å². The zero-order valence-corrected chi connectivity index (χ0v) is 11.5. The van der Waals surface area contributed by atoms with E-state index in [2.05, 4.69) is 13.8 Å². The molecule has 0 aromatic carbocycles. The Morgan fingerprint density at radius 1 is 1.17 bits per heavy atom. The topological polar surface area (TPSA) is 64.0 Å². The molecule has 18 heavy (non-hydrogen) atoms. The van der Waals surface area contributed by atoms with Crippen molar-refractivity contribution in [3.8, 4) is 0 Å². The zero-order valence-electron chi connectivity index (χ0n) is 11.5. The first-order valence-corrected chi connectivity index (χ1v) is 6.90. The van der Waals surface area contributed by atoms with Gasteiger partial charge in [0.2, 0.25) is 0 Å². The third-order valence-corrected chi connectivity index (χ3v) is 3.64. The Labute approximate surface area is 109 Å². The molecule has 2 atom stereocenters. The van der Waals surface area contributed by atoms with Gasteiger partial charge in [-0.1, -0.05) is 0 Å². The largest absolute Gasteiger partial charge is 0.396 e. The lowest BCUT2D eigenvalue weighted by atomic mass is 9.98. The number of carbonyl (C=O) groups excluding carboxylic acids is 1. The quantitative estimate of drug-likeness (QED) is 0.774. The smallest absolute Gasteiger partial charge is 0.320 e. The monoisotopic (exact) mass is 258 g/mol. The minimum absolute atomic E-state index is 0.00259. The van der Waals surface area contributed by atoms with Crippen molar-refractivity contribution in [2.45, 2.75) is 51.6 Å². The molecule has 1 aliphatic rings. The molecular weight excluding hydrogens is 232 g/mol. The molecule has 0 spiro atoms. The van der Waals surface area contributed by atoms with E-state index in [0.717, 1.165) is 12.8 Å². The lowest BCUT2D eigenvalue weighted by molar-refractivity contribution is 0.0844. The Morgan fingerprint density at radius 3 is 2.28 bits per heavy atom. The van der Waals surface area contributed by atoms with E-state index in [1.54, 1.807) is 4.90 Å². The molecule has 2 unspecified atom stereocenters. The number of amides is 2. The number of hydrogen-bond donors (Lipinski definition) is 2. The molecule has 0 aromatic rings. The predicted molar refractivity (Wildman–Crippen MR) is 70.4 cm³/mol. The molecule has 0 bridgehead atoms. The van der Waals surface area contributed by atoms with Gasteiger partial charge in [-0.15, -0.1) is 0 Å². The van der Waals surface area contributed by atoms with E-state index in [1.165, 1.54) is 6.42 Å². The summed E-state index contributed by atoms with van der Waals surface area (Å²) >= 11 is 0. The molecule has 1 saturated heterocycles.